The SMILES string of the molecule is N#CC1(NC(=O)C2CCCCC2)CCCCCC1. The Morgan fingerprint density at radius 3 is 2.11 bits per heavy atom. The summed E-state index contributed by atoms with van der Waals surface area (Å²) in [7, 11) is 0. The largest absolute Gasteiger partial charge is 0.338 e. The summed E-state index contributed by atoms with van der Waals surface area (Å²) in [5.41, 5.74) is -0.564. The zero-order valence-electron chi connectivity index (χ0n) is 11.2. The number of nitriles is 1. The Morgan fingerprint density at radius 1 is 1.00 bits per heavy atom. The maximum Gasteiger partial charge on any atom is 0.224 e. The Labute approximate surface area is 110 Å². The third-order valence-electron chi connectivity index (χ3n) is 4.51. The molecule has 0 saturated heterocycles. The van der Waals surface area contributed by atoms with Crippen molar-refractivity contribution >= 4 is 5.91 Å². The number of hydrogen-bond donors (Lipinski definition) is 1. The number of hydrogen-bond acceptors (Lipinski definition) is 2. The van der Waals surface area contributed by atoms with E-state index in [0.717, 1.165) is 51.4 Å². The lowest BCUT2D eigenvalue weighted by molar-refractivity contribution is -0.127. The monoisotopic (exact) mass is 248 g/mol. The van der Waals surface area contributed by atoms with Gasteiger partial charge in [0.2, 0.25) is 5.91 Å². The molecule has 2 fully saturated rings. The summed E-state index contributed by atoms with van der Waals surface area (Å²) < 4.78 is 0. The fraction of sp³-hybridized carbons (Fsp3) is 0.867. The third-order valence-corrected chi connectivity index (χ3v) is 4.51. The maximum atomic E-state index is 12.3. The average molecular weight is 248 g/mol. The van der Waals surface area contributed by atoms with E-state index in [0.29, 0.717) is 0 Å². The first-order valence-electron chi connectivity index (χ1n) is 7.49. The highest BCUT2D eigenvalue weighted by molar-refractivity contribution is 5.80. The van der Waals surface area contributed by atoms with Crippen LogP contribution in [-0.2, 0) is 4.79 Å². The first-order chi connectivity index (χ1) is 8.76. The van der Waals surface area contributed by atoms with E-state index in [9.17, 15) is 10.1 Å². The van der Waals surface area contributed by atoms with E-state index in [1.165, 1.54) is 19.3 Å². The van der Waals surface area contributed by atoms with Crippen LogP contribution in [0.15, 0.2) is 0 Å². The molecular formula is C15H24N2O. The molecule has 100 valence electrons. The summed E-state index contributed by atoms with van der Waals surface area (Å²) in [6.45, 7) is 0. The molecule has 2 aliphatic rings. The second kappa shape index (κ2) is 6.22. The Balaban J connectivity index is 1.96. The van der Waals surface area contributed by atoms with Crippen LogP contribution in [-0.4, -0.2) is 11.4 Å². The predicted octanol–water partition coefficient (Wildman–Crippen LogP) is 3.30. The quantitative estimate of drug-likeness (QED) is 0.762. The van der Waals surface area contributed by atoms with Crippen LogP contribution in [0.3, 0.4) is 0 Å². The molecule has 3 nitrogen and oxygen atoms in total. The van der Waals surface area contributed by atoms with Gasteiger partial charge in [-0.2, -0.15) is 5.26 Å². The molecule has 0 heterocycles. The Kier molecular flexibility index (Phi) is 4.63. The van der Waals surface area contributed by atoms with Crippen molar-refractivity contribution in [2.45, 2.75) is 76.2 Å². The molecule has 1 amide bonds. The predicted molar refractivity (Wildman–Crippen MR) is 70.8 cm³/mol. The lowest BCUT2D eigenvalue weighted by Gasteiger charge is -2.30. The van der Waals surface area contributed by atoms with Crippen molar-refractivity contribution in [3.63, 3.8) is 0 Å². The Bertz CT molecular complexity index is 318. The summed E-state index contributed by atoms with van der Waals surface area (Å²) in [4.78, 5) is 12.3. The lowest BCUT2D eigenvalue weighted by atomic mass is 9.86. The van der Waals surface area contributed by atoms with Gasteiger partial charge in [-0.1, -0.05) is 44.9 Å². The summed E-state index contributed by atoms with van der Waals surface area (Å²) in [5.74, 6) is 0.297. The molecule has 1 N–H and O–H groups in total. The second-order valence-electron chi connectivity index (χ2n) is 5.93. The molecule has 2 rings (SSSR count). The van der Waals surface area contributed by atoms with E-state index in [2.05, 4.69) is 11.4 Å². The van der Waals surface area contributed by atoms with Crippen LogP contribution in [0, 0.1) is 17.2 Å². The van der Waals surface area contributed by atoms with E-state index in [-0.39, 0.29) is 11.8 Å². The van der Waals surface area contributed by atoms with E-state index < -0.39 is 5.54 Å². The fourth-order valence-corrected chi connectivity index (χ4v) is 3.30. The molecule has 0 atom stereocenters. The van der Waals surface area contributed by atoms with Crippen LogP contribution in [0.4, 0.5) is 0 Å². The van der Waals surface area contributed by atoms with Crippen LogP contribution < -0.4 is 5.32 Å². The molecule has 3 heteroatoms. The van der Waals surface area contributed by atoms with Gasteiger partial charge >= 0.3 is 0 Å². The van der Waals surface area contributed by atoms with Crippen molar-refractivity contribution in [3.8, 4) is 6.07 Å². The van der Waals surface area contributed by atoms with Gasteiger partial charge in [-0.3, -0.25) is 4.79 Å². The van der Waals surface area contributed by atoms with Crippen molar-refractivity contribution in [1.29, 1.82) is 5.26 Å². The molecule has 0 aliphatic heterocycles. The zero-order chi connectivity index (χ0) is 12.8. The van der Waals surface area contributed by atoms with Crippen molar-refractivity contribution in [2.24, 2.45) is 5.92 Å². The standard InChI is InChI=1S/C15H24N2O/c16-12-15(10-6-1-2-7-11-15)17-14(18)13-8-4-3-5-9-13/h13H,1-11H2,(H,17,18). The number of nitrogens with zero attached hydrogens (tertiary/aromatic N) is 1. The van der Waals surface area contributed by atoms with Crippen LogP contribution in [0.25, 0.3) is 0 Å². The van der Waals surface area contributed by atoms with Gasteiger partial charge in [0.05, 0.1) is 6.07 Å². The summed E-state index contributed by atoms with van der Waals surface area (Å²) >= 11 is 0. The molecule has 0 spiro atoms. The van der Waals surface area contributed by atoms with Crippen molar-refractivity contribution in [3.05, 3.63) is 0 Å². The van der Waals surface area contributed by atoms with Crippen LogP contribution in [0.2, 0.25) is 0 Å². The Morgan fingerprint density at radius 2 is 1.56 bits per heavy atom. The maximum absolute atomic E-state index is 12.3. The minimum absolute atomic E-state index is 0.137. The summed E-state index contributed by atoms with van der Waals surface area (Å²) in [6, 6.07) is 2.40. The minimum atomic E-state index is -0.564. The van der Waals surface area contributed by atoms with Gasteiger partial charge in [0.25, 0.3) is 0 Å². The normalized spacial score (nSPS) is 24.8. The van der Waals surface area contributed by atoms with Gasteiger partial charge in [-0.25, -0.2) is 0 Å². The fourth-order valence-electron chi connectivity index (χ4n) is 3.30. The number of amides is 1. The van der Waals surface area contributed by atoms with Gasteiger partial charge in [0, 0.05) is 5.92 Å². The van der Waals surface area contributed by atoms with Crippen LogP contribution >= 0.6 is 0 Å². The number of nitrogens with one attached hydrogen (secondary N) is 1. The highest BCUT2D eigenvalue weighted by Crippen LogP contribution is 2.29. The second-order valence-corrected chi connectivity index (χ2v) is 5.93. The van der Waals surface area contributed by atoms with Gasteiger partial charge in [0.15, 0.2) is 0 Å². The van der Waals surface area contributed by atoms with E-state index in [1.807, 2.05) is 0 Å². The Hall–Kier alpha value is -1.04. The first kappa shape index (κ1) is 13.4. The van der Waals surface area contributed by atoms with Gasteiger partial charge in [-0.15, -0.1) is 0 Å². The van der Waals surface area contributed by atoms with Gasteiger partial charge in [0.1, 0.15) is 5.54 Å². The summed E-state index contributed by atoms with van der Waals surface area (Å²) in [6.07, 6.45) is 11.8. The van der Waals surface area contributed by atoms with Crippen LogP contribution in [0.5, 0.6) is 0 Å². The van der Waals surface area contributed by atoms with E-state index in [1.54, 1.807) is 0 Å². The van der Waals surface area contributed by atoms with Gasteiger partial charge < -0.3 is 5.32 Å². The lowest BCUT2D eigenvalue weighted by Crippen LogP contribution is -2.49. The topological polar surface area (TPSA) is 52.9 Å². The minimum Gasteiger partial charge on any atom is -0.338 e. The molecule has 0 bridgehead atoms. The molecular weight excluding hydrogens is 224 g/mol. The van der Waals surface area contributed by atoms with Crippen LogP contribution in [0.1, 0.15) is 70.6 Å². The zero-order valence-corrected chi connectivity index (χ0v) is 11.2. The van der Waals surface area contributed by atoms with Crippen molar-refractivity contribution < 1.29 is 4.79 Å². The average Bonchev–Trinajstić information content (AvgIpc) is 2.66. The molecule has 0 radical (unpaired) electrons. The molecule has 18 heavy (non-hydrogen) atoms. The highest BCUT2D eigenvalue weighted by atomic mass is 16.2. The molecule has 2 aliphatic carbocycles. The molecule has 0 aromatic carbocycles. The molecule has 0 unspecified atom stereocenters. The van der Waals surface area contributed by atoms with E-state index in [4.69, 9.17) is 0 Å². The number of carbonyl (C=O) groups is 1. The number of carbonyl (C=O) groups excluding carboxylic acids is 1. The first-order valence-corrected chi connectivity index (χ1v) is 7.49. The number of rotatable bonds is 2. The third kappa shape index (κ3) is 3.25. The van der Waals surface area contributed by atoms with E-state index >= 15 is 0 Å². The molecule has 0 aromatic heterocycles. The summed E-state index contributed by atoms with van der Waals surface area (Å²) in [5, 5.41) is 12.5. The molecule has 2 saturated carbocycles. The van der Waals surface area contributed by atoms with Gasteiger partial charge in [-0.05, 0) is 25.7 Å². The molecule has 0 aromatic rings. The highest BCUT2D eigenvalue weighted by Gasteiger charge is 2.34. The smallest absolute Gasteiger partial charge is 0.224 e. The van der Waals surface area contributed by atoms with Crippen molar-refractivity contribution in [1.82, 2.24) is 5.32 Å². The van der Waals surface area contributed by atoms with Crippen molar-refractivity contribution in [2.75, 3.05) is 0 Å².